The number of hydrogen-bond donors (Lipinski definition) is 2. The molecule has 0 spiro atoms. The van der Waals surface area contributed by atoms with Gasteiger partial charge >= 0.3 is 0 Å². The van der Waals surface area contributed by atoms with Crippen LogP contribution in [0.3, 0.4) is 0 Å². The lowest BCUT2D eigenvalue weighted by molar-refractivity contribution is -0.136. The molecule has 0 radical (unpaired) electrons. The fraction of sp³-hybridized carbons (Fsp3) is 0.938. The number of rotatable bonds is 6. The van der Waals surface area contributed by atoms with Crippen LogP contribution < -0.4 is 5.32 Å². The van der Waals surface area contributed by atoms with E-state index in [9.17, 15) is 9.90 Å². The first-order valence-corrected chi connectivity index (χ1v) is 8.48. The summed E-state index contributed by atoms with van der Waals surface area (Å²) in [4.78, 5) is 14.4. The van der Waals surface area contributed by atoms with Gasteiger partial charge < -0.3 is 24.8 Å². The molecule has 2 aliphatic heterocycles. The van der Waals surface area contributed by atoms with Crippen molar-refractivity contribution in [1.29, 1.82) is 0 Å². The fourth-order valence-electron chi connectivity index (χ4n) is 3.18. The summed E-state index contributed by atoms with van der Waals surface area (Å²) in [6.45, 7) is 4.37. The van der Waals surface area contributed by atoms with Crippen molar-refractivity contribution >= 4 is 5.91 Å². The number of hydrogen-bond acceptors (Lipinski definition) is 5. The number of aliphatic hydroxyl groups excluding tert-OH is 1. The molecule has 0 bridgehead atoms. The predicted molar refractivity (Wildman–Crippen MR) is 83.6 cm³/mol. The third-order valence-electron chi connectivity index (χ3n) is 4.70. The molecule has 2 saturated heterocycles. The standard InChI is InChI=1S/C16H30N2O4/c1-21-14-12-22-11-13(16(14)20)10-17-15(19)6-9-18-7-4-2-3-5-8-18/h13-14,16,20H,2-12H2,1H3,(H,17,19)/t13-,14-,16+/m1/s1. The molecule has 3 atom stereocenters. The van der Waals surface area contributed by atoms with E-state index in [1.54, 1.807) is 7.11 Å². The highest BCUT2D eigenvalue weighted by molar-refractivity contribution is 5.76. The summed E-state index contributed by atoms with van der Waals surface area (Å²) >= 11 is 0. The Morgan fingerprint density at radius 1 is 1.27 bits per heavy atom. The molecule has 6 nitrogen and oxygen atoms in total. The maximum absolute atomic E-state index is 12.0. The van der Waals surface area contributed by atoms with Crippen LogP contribution in [0.2, 0.25) is 0 Å². The van der Waals surface area contributed by atoms with Gasteiger partial charge in [0.2, 0.25) is 5.91 Å². The van der Waals surface area contributed by atoms with Crippen molar-refractivity contribution in [2.24, 2.45) is 5.92 Å². The number of nitrogens with one attached hydrogen (secondary N) is 1. The number of amides is 1. The van der Waals surface area contributed by atoms with Crippen LogP contribution >= 0.6 is 0 Å². The van der Waals surface area contributed by atoms with E-state index in [0.717, 1.165) is 19.6 Å². The molecule has 2 N–H and O–H groups in total. The molecule has 22 heavy (non-hydrogen) atoms. The zero-order chi connectivity index (χ0) is 15.8. The molecule has 0 unspecified atom stereocenters. The summed E-state index contributed by atoms with van der Waals surface area (Å²) in [5.41, 5.74) is 0. The van der Waals surface area contributed by atoms with E-state index < -0.39 is 6.10 Å². The van der Waals surface area contributed by atoms with Crippen LogP contribution in [-0.2, 0) is 14.3 Å². The van der Waals surface area contributed by atoms with Crippen LogP contribution in [0.1, 0.15) is 32.1 Å². The average molecular weight is 314 g/mol. The largest absolute Gasteiger partial charge is 0.390 e. The summed E-state index contributed by atoms with van der Waals surface area (Å²) in [5.74, 6) is -0.0446. The molecule has 128 valence electrons. The number of likely N-dealkylation sites (tertiary alicyclic amines) is 1. The molecule has 1 amide bonds. The van der Waals surface area contributed by atoms with Crippen molar-refractivity contribution in [3.8, 4) is 0 Å². The van der Waals surface area contributed by atoms with Gasteiger partial charge in [-0.3, -0.25) is 4.79 Å². The van der Waals surface area contributed by atoms with Gasteiger partial charge in [-0.25, -0.2) is 0 Å². The second-order valence-electron chi connectivity index (χ2n) is 6.37. The van der Waals surface area contributed by atoms with Crippen LogP contribution in [0.25, 0.3) is 0 Å². The molecule has 2 heterocycles. The van der Waals surface area contributed by atoms with Gasteiger partial charge in [0.05, 0.1) is 19.3 Å². The molecule has 0 aromatic rings. The average Bonchev–Trinajstić information content (AvgIpc) is 2.80. The Bertz CT molecular complexity index is 332. The minimum atomic E-state index is -0.579. The van der Waals surface area contributed by atoms with Crippen LogP contribution in [0.4, 0.5) is 0 Å². The molecule has 0 aromatic heterocycles. The normalized spacial score (nSPS) is 30.7. The van der Waals surface area contributed by atoms with Crippen molar-refractivity contribution in [2.45, 2.75) is 44.3 Å². The van der Waals surface area contributed by atoms with Crippen molar-refractivity contribution in [3.05, 3.63) is 0 Å². The highest BCUT2D eigenvalue weighted by Crippen LogP contribution is 2.16. The number of carbonyl (C=O) groups is 1. The van der Waals surface area contributed by atoms with Gasteiger partial charge in [0.25, 0.3) is 0 Å². The molecule has 0 saturated carbocycles. The zero-order valence-electron chi connectivity index (χ0n) is 13.6. The number of methoxy groups -OCH3 is 1. The van der Waals surface area contributed by atoms with Crippen LogP contribution in [-0.4, -0.2) is 74.6 Å². The summed E-state index contributed by atoms with van der Waals surface area (Å²) in [6.07, 6.45) is 4.75. The molecule has 2 fully saturated rings. The van der Waals surface area contributed by atoms with Crippen molar-refractivity contribution < 1.29 is 19.4 Å². The number of nitrogens with zero attached hydrogens (tertiary/aromatic N) is 1. The number of ether oxygens (including phenoxy) is 2. The van der Waals surface area contributed by atoms with Crippen molar-refractivity contribution in [2.75, 3.05) is 46.5 Å². The van der Waals surface area contributed by atoms with Crippen molar-refractivity contribution in [1.82, 2.24) is 10.2 Å². The van der Waals surface area contributed by atoms with Gasteiger partial charge in [-0.05, 0) is 25.9 Å². The van der Waals surface area contributed by atoms with E-state index in [1.807, 2.05) is 0 Å². The SMILES string of the molecule is CO[C@@H]1COC[C@@H](CNC(=O)CCN2CCCCCC2)[C@@H]1O. The Labute approximate surface area is 133 Å². The molecule has 2 aliphatic rings. The molecular formula is C16H30N2O4. The Kier molecular flexibility index (Phi) is 7.59. The van der Waals surface area contributed by atoms with Gasteiger partial charge in [0, 0.05) is 32.5 Å². The maximum atomic E-state index is 12.0. The van der Waals surface area contributed by atoms with E-state index in [0.29, 0.717) is 26.2 Å². The lowest BCUT2D eigenvalue weighted by Gasteiger charge is -2.33. The van der Waals surface area contributed by atoms with Crippen LogP contribution in [0.5, 0.6) is 0 Å². The second-order valence-corrected chi connectivity index (χ2v) is 6.37. The van der Waals surface area contributed by atoms with E-state index >= 15 is 0 Å². The second kappa shape index (κ2) is 9.45. The molecular weight excluding hydrogens is 284 g/mol. The molecule has 0 aromatic carbocycles. The Morgan fingerprint density at radius 3 is 2.68 bits per heavy atom. The monoisotopic (exact) mass is 314 g/mol. The van der Waals surface area contributed by atoms with Crippen LogP contribution in [0.15, 0.2) is 0 Å². The topological polar surface area (TPSA) is 71.0 Å². The van der Waals surface area contributed by atoms with E-state index in [2.05, 4.69) is 10.2 Å². The third-order valence-corrected chi connectivity index (χ3v) is 4.70. The number of aliphatic hydroxyl groups is 1. The van der Waals surface area contributed by atoms with Crippen molar-refractivity contribution in [3.63, 3.8) is 0 Å². The fourth-order valence-corrected chi connectivity index (χ4v) is 3.18. The molecule has 6 heteroatoms. The summed E-state index contributed by atoms with van der Waals surface area (Å²) in [6, 6.07) is 0. The summed E-state index contributed by atoms with van der Waals surface area (Å²) in [7, 11) is 1.57. The highest BCUT2D eigenvalue weighted by Gasteiger charge is 2.32. The van der Waals surface area contributed by atoms with Gasteiger partial charge in [0.1, 0.15) is 6.10 Å². The lowest BCUT2D eigenvalue weighted by Crippen LogP contribution is -2.49. The Hall–Kier alpha value is -0.690. The van der Waals surface area contributed by atoms with Gasteiger partial charge in [-0.2, -0.15) is 0 Å². The summed E-state index contributed by atoms with van der Waals surface area (Å²) in [5, 5.41) is 13.1. The van der Waals surface area contributed by atoms with Gasteiger partial charge in [-0.1, -0.05) is 12.8 Å². The highest BCUT2D eigenvalue weighted by atomic mass is 16.5. The number of carbonyl (C=O) groups excluding carboxylic acids is 1. The van der Waals surface area contributed by atoms with E-state index in [-0.39, 0.29) is 17.9 Å². The molecule has 2 rings (SSSR count). The van der Waals surface area contributed by atoms with Gasteiger partial charge in [0.15, 0.2) is 0 Å². The first-order chi connectivity index (χ1) is 10.7. The third kappa shape index (κ3) is 5.50. The Morgan fingerprint density at radius 2 is 2.00 bits per heavy atom. The minimum Gasteiger partial charge on any atom is -0.390 e. The Balaban J connectivity index is 1.64. The molecule has 0 aliphatic carbocycles. The lowest BCUT2D eigenvalue weighted by atomic mass is 9.96. The summed E-state index contributed by atoms with van der Waals surface area (Å²) < 4.78 is 10.6. The van der Waals surface area contributed by atoms with Crippen LogP contribution in [0, 0.1) is 5.92 Å². The first-order valence-electron chi connectivity index (χ1n) is 8.48. The van der Waals surface area contributed by atoms with E-state index in [4.69, 9.17) is 9.47 Å². The quantitative estimate of drug-likeness (QED) is 0.742. The zero-order valence-corrected chi connectivity index (χ0v) is 13.6. The van der Waals surface area contributed by atoms with E-state index in [1.165, 1.54) is 25.7 Å². The first kappa shape index (κ1) is 17.7. The predicted octanol–water partition coefficient (Wildman–Crippen LogP) is 0.391. The van der Waals surface area contributed by atoms with Gasteiger partial charge in [-0.15, -0.1) is 0 Å². The maximum Gasteiger partial charge on any atom is 0.221 e. The smallest absolute Gasteiger partial charge is 0.221 e. The minimum absolute atomic E-state index is 0.0518.